The Morgan fingerprint density at radius 2 is 1.90 bits per heavy atom. The van der Waals surface area contributed by atoms with Crippen LogP contribution in [0.5, 0.6) is 11.5 Å². The van der Waals surface area contributed by atoms with Crippen molar-refractivity contribution in [3.8, 4) is 11.5 Å². The summed E-state index contributed by atoms with van der Waals surface area (Å²) in [7, 11) is -1.66. The van der Waals surface area contributed by atoms with E-state index in [1.54, 1.807) is 29.5 Å². The van der Waals surface area contributed by atoms with Gasteiger partial charge in [-0.2, -0.15) is 4.31 Å². The Balaban J connectivity index is 1.34. The summed E-state index contributed by atoms with van der Waals surface area (Å²) in [5.74, 6) is 1.33. The number of piperidine rings is 1. The van der Waals surface area contributed by atoms with Crippen molar-refractivity contribution in [1.82, 2.24) is 9.21 Å². The zero-order valence-electron chi connectivity index (χ0n) is 16.2. The van der Waals surface area contributed by atoms with Gasteiger partial charge in [0.25, 0.3) is 10.0 Å². The van der Waals surface area contributed by atoms with Crippen LogP contribution in [0.2, 0.25) is 0 Å². The average Bonchev–Trinajstić information content (AvgIpc) is 3.29. The number of hydrogen-bond donors (Lipinski definition) is 0. The van der Waals surface area contributed by atoms with Gasteiger partial charge in [-0.15, -0.1) is 11.3 Å². The molecule has 0 atom stereocenters. The molecule has 1 aromatic carbocycles. The van der Waals surface area contributed by atoms with Crippen LogP contribution in [-0.2, 0) is 21.4 Å². The molecule has 2 aliphatic heterocycles. The number of hydrogen-bond acceptors (Lipinski definition) is 6. The van der Waals surface area contributed by atoms with Gasteiger partial charge in [-0.3, -0.25) is 4.79 Å². The molecule has 29 heavy (non-hydrogen) atoms. The Morgan fingerprint density at radius 1 is 1.17 bits per heavy atom. The first-order valence-electron chi connectivity index (χ1n) is 9.62. The van der Waals surface area contributed by atoms with Gasteiger partial charge in [-0.25, -0.2) is 8.42 Å². The standard InChI is InChI=1S/C20H24N2O5S2/c1-21(14-15-4-5-17-18(13-15)27-11-10-26-17)20(23)16-6-8-22(9-7-16)29(24,25)19-3-2-12-28-19/h2-5,12-13,16H,6-11,14H2,1H3. The largest absolute Gasteiger partial charge is 0.486 e. The molecule has 1 amide bonds. The van der Waals surface area contributed by atoms with E-state index in [2.05, 4.69) is 0 Å². The number of benzene rings is 1. The topological polar surface area (TPSA) is 76.2 Å². The van der Waals surface area contributed by atoms with E-state index in [1.165, 1.54) is 15.6 Å². The molecule has 0 aliphatic carbocycles. The van der Waals surface area contributed by atoms with Gasteiger partial charge in [0.1, 0.15) is 17.4 Å². The highest BCUT2D eigenvalue weighted by Gasteiger charge is 2.33. The van der Waals surface area contributed by atoms with E-state index in [0.717, 1.165) is 11.3 Å². The fourth-order valence-corrected chi connectivity index (χ4v) is 6.34. The molecule has 156 valence electrons. The highest BCUT2D eigenvalue weighted by Crippen LogP contribution is 2.31. The fourth-order valence-electron chi connectivity index (χ4n) is 3.73. The lowest BCUT2D eigenvalue weighted by Crippen LogP contribution is -2.43. The Labute approximate surface area is 174 Å². The van der Waals surface area contributed by atoms with E-state index in [9.17, 15) is 13.2 Å². The minimum absolute atomic E-state index is 0.0491. The monoisotopic (exact) mass is 436 g/mol. The Morgan fingerprint density at radius 3 is 2.59 bits per heavy atom. The number of amides is 1. The molecule has 7 nitrogen and oxygen atoms in total. The summed E-state index contributed by atoms with van der Waals surface area (Å²) in [6.07, 6.45) is 1.07. The van der Waals surface area contributed by atoms with Gasteiger partial charge in [-0.05, 0) is 42.0 Å². The average molecular weight is 437 g/mol. The molecule has 0 unspecified atom stereocenters. The second kappa shape index (κ2) is 8.33. The van der Waals surface area contributed by atoms with Gasteiger partial charge in [0.15, 0.2) is 11.5 Å². The van der Waals surface area contributed by atoms with Gasteiger partial charge in [-0.1, -0.05) is 12.1 Å². The molecule has 0 radical (unpaired) electrons. The first-order chi connectivity index (χ1) is 13.9. The Hall–Kier alpha value is -2.10. The van der Waals surface area contributed by atoms with Gasteiger partial charge in [0.2, 0.25) is 5.91 Å². The van der Waals surface area contributed by atoms with Crippen LogP contribution in [0.25, 0.3) is 0 Å². The van der Waals surface area contributed by atoms with Crippen molar-refractivity contribution in [2.24, 2.45) is 5.92 Å². The number of ether oxygens (including phenoxy) is 2. The van der Waals surface area contributed by atoms with Crippen molar-refractivity contribution in [2.45, 2.75) is 23.6 Å². The minimum atomic E-state index is -3.44. The van der Waals surface area contributed by atoms with Crippen LogP contribution in [0.4, 0.5) is 0 Å². The first-order valence-corrected chi connectivity index (χ1v) is 11.9. The first kappa shape index (κ1) is 20.2. The molecule has 1 aromatic heterocycles. The van der Waals surface area contributed by atoms with E-state index in [-0.39, 0.29) is 11.8 Å². The molecular weight excluding hydrogens is 412 g/mol. The van der Waals surface area contributed by atoms with E-state index < -0.39 is 10.0 Å². The van der Waals surface area contributed by atoms with Crippen LogP contribution in [-0.4, -0.2) is 56.9 Å². The van der Waals surface area contributed by atoms with E-state index in [0.29, 0.717) is 55.6 Å². The lowest BCUT2D eigenvalue weighted by molar-refractivity contribution is -0.135. The van der Waals surface area contributed by atoms with Crippen LogP contribution < -0.4 is 9.47 Å². The summed E-state index contributed by atoms with van der Waals surface area (Å²) in [6.45, 7) is 2.29. The number of carbonyl (C=O) groups is 1. The smallest absolute Gasteiger partial charge is 0.252 e. The summed E-state index contributed by atoms with van der Waals surface area (Å²) < 4.78 is 38.3. The molecule has 4 rings (SSSR count). The lowest BCUT2D eigenvalue weighted by atomic mass is 9.96. The Kier molecular flexibility index (Phi) is 5.80. The van der Waals surface area contributed by atoms with Crippen LogP contribution in [0.3, 0.4) is 0 Å². The van der Waals surface area contributed by atoms with Gasteiger partial charge in [0.05, 0.1) is 0 Å². The van der Waals surface area contributed by atoms with Crippen molar-refractivity contribution >= 4 is 27.3 Å². The Bertz CT molecular complexity index is 967. The molecule has 2 aliphatic rings. The predicted molar refractivity (Wildman–Crippen MR) is 110 cm³/mol. The molecule has 0 bridgehead atoms. The number of nitrogens with zero attached hydrogens (tertiary/aromatic N) is 2. The van der Waals surface area contributed by atoms with Crippen molar-refractivity contribution < 1.29 is 22.7 Å². The molecule has 9 heteroatoms. The predicted octanol–water partition coefficient (Wildman–Crippen LogP) is 2.58. The van der Waals surface area contributed by atoms with Crippen LogP contribution >= 0.6 is 11.3 Å². The van der Waals surface area contributed by atoms with Gasteiger partial charge < -0.3 is 14.4 Å². The van der Waals surface area contributed by atoms with Crippen LogP contribution in [0.15, 0.2) is 39.9 Å². The maximum Gasteiger partial charge on any atom is 0.252 e. The second-order valence-electron chi connectivity index (χ2n) is 7.28. The van der Waals surface area contributed by atoms with Crippen LogP contribution in [0.1, 0.15) is 18.4 Å². The van der Waals surface area contributed by atoms with Crippen molar-refractivity contribution in [3.05, 3.63) is 41.3 Å². The van der Waals surface area contributed by atoms with Gasteiger partial charge >= 0.3 is 0 Å². The molecule has 0 N–H and O–H groups in total. The molecule has 0 spiro atoms. The maximum absolute atomic E-state index is 12.9. The summed E-state index contributed by atoms with van der Waals surface area (Å²) in [5.41, 5.74) is 0.975. The third-order valence-corrected chi connectivity index (χ3v) is 8.57. The summed E-state index contributed by atoms with van der Waals surface area (Å²) in [4.78, 5) is 14.6. The third-order valence-electron chi connectivity index (χ3n) is 5.29. The van der Waals surface area contributed by atoms with Crippen molar-refractivity contribution in [3.63, 3.8) is 0 Å². The highest BCUT2D eigenvalue weighted by atomic mass is 32.2. The van der Waals surface area contributed by atoms with E-state index in [4.69, 9.17) is 9.47 Å². The normalized spacial score (nSPS) is 17.8. The summed E-state index contributed by atoms with van der Waals surface area (Å²) >= 11 is 1.22. The second-order valence-corrected chi connectivity index (χ2v) is 10.4. The number of sulfonamides is 1. The number of carbonyl (C=O) groups excluding carboxylic acids is 1. The minimum Gasteiger partial charge on any atom is -0.486 e. The number of thiophene rings is 1. The van der Waals surface area contributed by atoms with E-state index in [1.807, 2.05) is 18.2 Å². The van der Waals surface area contributed by atoms with E-state index >= 15 is 0 Å². The van der Waals surface area contributed by atoms with Crippen molar-refractivity contribution in [2.75, 3.05) is 33.4 Å². The molecule has 1 fully saturated rings. The zero-order valence-corrected chi connectivity index (χ0v) is 17.9. The van der Waals surface area contributed by atoms with Gasteiger partial charge in [0, 0.05) is 32.6 Å². The number of rotatable bonds is 5. The molecule has 1 saturated heterocycles. The SMILES string of the molecule is CN(Cc1ccc2c(c1)OCCO2)C(=O)C1CCN(S(=O)(=O)c2cccs2)CC1. The number of fused-ring (bicyclic) bond motifs is 1. The van der Waals surface area contributed by atoms with Crippen molar-refractivity contribution in [1.29, 1.82) is 0 Å². The quantitative estimate of drug-likeness (QED) is 0.720. The molecular formula is C20H24N2O5S2. The molecule has 2 aromatic rings. The third kappa shape index (κ3) is 4.26. The molecule has 0 saturated carbocycles. The zero-order chi connectivity index (χ0) is 20.4. The molecule has 3 heterocycles. The lowest BCUT2D eigenvalue weighted by Gasteiger charge is -2.32. The highest BCUT2D eigenvalue weighted by molar-refractivity contribution is 7.91. The summed E-state index contributed by atoms with van der Waals surface area (Å²) in [6, 6.07) is 9.08. The fraction of sp³-hybridized carbons (Fsp3) is 0.450. The summed E-state index contributed by atoms with van der Waals surface area (Å²) in [5, 5.41) is 1.76. The maximum atomic E-state index is 12.9. The van der Waals surface area contributed by atoms with Crippen LogP contribution in [0, 0.1) is 5.92 Å².